The third kappa shape index (κ3) is 1.87. The molecule has 1 rings (SSSR count). The molecule has 0 amide bonds. The van der Waals surface area contributed by atoms with Crippen molar-refractivity contribution in [1.82, 2.24) is 4.98 Å². The highest BCUT2D eigenvalue weighted by atomic mass is 35.5. The van der Waals surface area contributed by atoms with Gasteiger partial charge in [0.15, 0.2) is 0 Å². The molecule has 0 aromatic carbocycles. The van der Waals surface area contributed by atoms with Crippen LogP contribution in [0.3, 0.4) is 0 Å². The van der Waals surface area contributed by atoms with E-state index >= 15 is 0 Å². The first-order chi connectivity index (χ1) is 5.11. The summed E-state index contributed by atoms with van der Waals surface area (Å²) in [7, 11) is 0. The van der Waals surface area contributed by atoms with E-state index in [1.807, 2.05) is 0 Å². The van der Waals surface area contributed by atoms with Crippen LogP contribution in [0.4, 0.5) is 8.78 Å². The number of aryl methyl sites for hydroxylation is 1. The molecule has 1 heterocycles. The average molecular weight is 178 g/mol. The molecule has 0 atom stereocenters. The number of alkyl halides is 2. The summed E-state index contributed by atoms with van der Waals surface area (Å²) in [5.41, 5.74) is 0.224. The van der Waals surface area contributed by atoms with Crippen molar-refractivity contribution in [3.8, 4) is 0 Å². The molecule has 11 heavy (non-hydrogen) atoms. The number of pyridine rings is 1. The zero-order valence-corrected chi connectivity index (χ0v) is 6.57. The standard InChI is InChI=1S/C7H6ClF2N/c1-4-2-3-5(8)11-6(4)7(9)10/h2-3,7H,1H3. The number of halogens is 3. The molecule has 1 aromatic rings. The molecule has 0 unspecified atom stereocenters. The summed E-state index contributed by atoms with van der Waals surface area (Å²) in [6.07, 6.45) is -2.55. The van der Waals surface area contributed by atoms with E-state index in [-0.39, 0.29) is 10.8 Å². The molecule has 0 N–H and O–H groups in total. The Balaban J connectivity index is 3.13. The van der Waals surface area contributed by atoms with Crippen LogP contribution in [-0.4, -0.2) is 4.98 Å². The van der Waals surface area contributed by atoms with Crippen LogP contribution < -0.4 is 0 Å². The molecular weight excluding hydrogens is 172 g/mol. The molecule has 4 heteroatoms. The normalized spacial score (nSPS) is 10.6. The number of aromatic nitrogens is 1. The van der Waals surface area contributed by atoms with Crippen LogP contribution in [0.5, 0.6) is 0 Å². The molecule has 0 aliphatic rings. The van der Waals surface area contributed by atoms with Gasteiger partial charge in [-0.1, -0.05) is 17.7 Å². The Morgan fingerprint density at radius 3 is 2.55 bits per heavy atom. The lowest BCUT2D eigenvalue weighted by molar-refractivity contribution is 0.145. The van der Waals surface area contributed by atoms with Gasteiger partial charge < -0.3 is 0 Å². The Bertz CT molecular complexity index is 263. The van der Waals surface area contributed by atoms with Gasteiger partial charge in [-0.05, 0) is 18.6 Å². The van der Waals surface area contributed by atoms with Crippen molar-refractivity contribution in [2.45, 2.75) is 13.3 Å². The van der Waals surface area contributed by atoms with Gasteiger partial charge in [-0.3, -0.25) is 0 Å². The highest BCUT2D eigenvalue weighted by Gasteiger charge is 2.11. The van der Waals surface area contributed by atoms with E-state index in [4.69, 9.17) is 11.6 Å². The quantitative estimate of drug-likeness (QED) is 0.601. The molecule has 1 nitrogen and oxygen atoms in total. The Morgan fingerprint density at radius 1 is 1.45 bits per heavy atom. The van der Waals surface area contributed by atoms with E-state index in [0.29, 0.717) is 5.56 Å². The Morgan fingerprint density at radius 2 is 2.09 bits per heavy atom. The molecule has 0 radical (unpaired) electrons. The van der Waals surface area contributed by atoms with Crippen molar-refractivity contribution in [3.05, 3.63) is 28.5 Å². The van der Waals surface area contributed by atoms with E-state index in [0.717, 1.165) is 0 Å². The van der Waals surface area contributed by atoms with Crippen LogP contribution in [0.15, 0.2) is 12.1 Å². The zero-order valence-electron chi connectivity index (χ0n) is 5.81. The van der Waals surface area contributed by atoms with Crippen molar-refractivity contribution in [1.29, 1.82) is 0 Å². The van der Waals surface area contributed by atoms with Gasteiger partial charge in [-0.2, -0.15) is 0 Å². The first-order valence-corrected chi connectivity index (χ1v) is 3.40. The molecule has 0 spiro atoms. The van der Waals surface area contributed by atoms with Crippen LogP contribution in [0.2, 0.25) is 5.15 Å². The second-order valence-corrected chi connectivity index (χ2v) is 2.52. The molecule has 1 aromatic heterocycles. The highest BCUT2D eigenvalue weighted by Crippen LogP contribution is 2.21. The smallest absolute Gasteiger partial charge is 0.235 e. The van der Waals surface area contributed by atoms with Crippen molar-refractivity contribution in [3.63, 3.8) is 0 Å². The summed E-state index contributed by atoms with van der Waals surface area (Å²) >= 11 is 5.42. The van der Waals surface area contributed by atoms with Gasteiger partial charge in [0, 0.05) is 0 Å². The minimum absolute atomic E-state index is 0.103. The fourth-order valence-electron chi connectivity index (χ4n) is 0.741. The minimum Gasteiger partial charge on any atom is -0.235 e. The van der Waals surface area contributed by atoms with Gasteiger partial charge in [-0.15, -0.1) is 0 Å². The van der Waals surface area contributed by atoms with E-state index in [1.54, 1.807) is 6.92 Å². The van der Waals surface area contributed by atoms with Crippen LogP contribution >= 0.6 is 11.6 Å². The molecule has 60 valence electrons. The predicted molar refractivity (Wildman–Crippen MR) is 38.9 cm³/mol. The number of rotatable bonds is 1. The summed E-state index contributed by atoms with van der Waals surface area (Å²) in [6, 6.07) is 3.01. The maximum atomic E-state index is 12.1. The minimum atomic E-state index is -2.55. The van der Waals surface area contributed by atoms with Crippen LogP contribution in [-0.2, 0) is 0 Å². The van der Waals surface area contributed by atoms with Crippen molar-refractivity contribution in [2.75, 3.05) is 0 Å². The van der Waals surface area contributed by atoms with Gasteiger partial charge in [0.1, 0.15) is 10.8 Å². The molecule has 0 aliphatic carbocycles. The second-order valence-electron chi connectivity index (χ2n) is 2.14. The van der Waals surface area contributed by atoms with Gasteiger partial charge in [-0.25, -0.2) is 13.8 Å². The van der Waals surface area contributed by atoms with Gasteiger partial charge in [0.25, 0.3) is 6.43 Å². The topological polar surface area (TPSA) is 12.9 Å². The van der Waals surface area contributed by atoms with Crippen molar-refractivity contribution < 1.29 is 8.78 Å². The number of hydrogen-bond acceptors (Lipinski definition) is 1. The first kappa shape index (κ1) is 8.40. The number of hydrogen-bond donors (Lipinski definition) is 0. The lowest BCUT2D eigenvalue weighted by atomic mass is 10.2. The summed E-state index contributed by atoms with van der Waals surface area (Å²) in [4.78, 5) is 3.49. The Labute approximate surface area is 68.0 Å². The van der Waals surface area contributed by atoms with Crippen LogP contribution in [0.1, 0.15) is 17.7 Å². The average Bonchev–Trinajstić information content (AvgIpc) is 1.94. The monoisotopic (exact) mass is 177 g/mol. The SMILES string of the molecule is Cc1ccc(Cl)nc1C(F)F. The summed E-state index contributed by atoms with van der Waals surface area (Å²) in [6.45, 7) is 1.57. The molecule has 0 fully saturated rings. The molecule has 0 saturated carbocycles. The van der Waals surface area contributed by atoms with Crippen LogP contribution in [0, 0.1) is 6.92 Å². The first-order valence-electron chi connectivity index (χ1n) is 3.02. The van der Waals surface area contributed by atoms with Gasteiger partial charge in [0.2, 0.25) is 0 Å². The van der Waals surface area contributed by atoms with Gasteiger partial charge in [0.05, 0.1) is 0 Å². The zero-order chi connectivity index (χ0) is 8.43. The Hall–Kier alpha value is -0.700. The predicted octanol–water partition coefficient (Wildman–Crippen LogP) is 2.98. The maximum Gasteiger partial charge on any atom is 0.280 e. The van der Waals surface area contributed by atoms with Crippen molar-refractivity contribution >= 4 is 11.6 Å². The lowest BCUT2D eigenvalue weighted by Gasteiger charge is -2.02. The lowest BCUT2D eigenvalue weighted by Crippen LogP contribution is -1.93. The third-order valence-corrected chi connectivity index (χ3v) is 1.52. The van der Waals surface area contributed by atoms with E-state index in [1.165, 1.54) is 12.1 Å². The fourth-order valence-corrected chi connectivity index (χ4v) is 0.895. The van der Waals surface area contributed by atoms with Crippen LogP contribution in [0.25, 0.3) is 0 Å². The summed E-state index contributed by atoms with van der Waals surface area (Å²) in [5, 5.41) is 0.103. The fraction of sp³-hybridized carbons (Fsp3) is 0.286. The molecule has 0 aliphatic heterocycles. The molecule has 0 saturated heterocycles. The Kier molecular flexibility index (Phi) is 2.39. The maximum absolute atomic E-state index is 12.1. The third-order valence-electron chi connectivity index (χ3n) is 1.31. The molecular formula is C7H6ClF2N. The van der Waals surface area contributed by atoms with Gasteiger partial charge >= 0.3 is 0 Å². The molecule has 0 bridgehead atoms. The largest absolute Gasteiger partial charge is 0.280 e. The summed E-state index contributed by atoms with van der Waals surface area (Å²) < 4.78 is 24.2. The number of nitrogens with zero attached hydrogens (tertiary/aromatic N) is 1. The van der Waals surface area contributed by atoms with E-state index in [9.17, 15) is 8.78 Å². The second kappa shape index (κ2) is 3.13. The van der Waals surface area contributed by atoms with E-state index in [2.05, 4.69) is 4.98 Å². The summed E-state index contributed by atoms with van der Waals surface area (Å²) in [5.74, 6) is 0. The van der Waals surface area contributed by atoms with Crippen molar-refractivity contribution in [2.24, 2.45) is 0 Å². The highest BCUT2D eigenvalue weighted by molar-refractivity contribution is 6.29. The van der Waals surface area contributed by atoms with E-state index < -0.39 is 6.43 Å².